The first-order valence-electron chi connectivity index (χ1n) is 9.93. The number of nitrogens with zero attached hydrogens (tertiary/aromatic N) is 3. The highest BCUT2D eigenvalue weighted by Crippen LogP contribution is 2.33. The van der Waals surface area contributed by atoms with E-state index < -0.39 is 10.0 Å². The van der Waals surface area contributed by atoms with Crippen molar-refractivity contribution in [3.63, 3.8) is 0 Å². The molecule has 1 fully saturated rings. The number of piperazine rings is 1. The molecule has 1 saturated heterocycles. The van der Waals surface area contributed by atoms with E-state index in [1.54, 1.807) is 31.4 Å². The molecule has 0 N–H and O–H groups in total. The van der Waals surface area contributed by atoms with Crippen LogP contribution in [0.25, 0.3) is 11.3 Å². The number of sulfonamides is 1. The van der Waals surface area contributed by atoms with E-state index in [2.05, 4.69) is 10.1 Å². The van der Waals surface area contributed by atoms with Crippen LogP contribution in [0.4, 0.5) is 5.69 Å². The van der Waals surface area contributed by atoms with Crippen molar-refractivity contribution < 1.29 is 22.4 Å². The number of hydrogen-bond acceptors (Lipinski definition) is 7. The molecule has 0 saturated carbocycles. The van der Waals surface area contributed by atoms with Crippen molar-refractivity contribution in [2.24, 2.45) is 0 Å². The first kappa shape index (κ1) is 21.2. The first-order chi connectivity index (χ1) is 14.9. The van der Waals surface area contributed by atoms with E-state index in [4.69, 9.17) is 14.0 Å². The fourth-order valence-electron chi connectivity index (χ4n) is 3.65. The molecule has 2 heterocycles. The first-order valence-corrected chi connectivity index (χ1v) is 11.4. The summed E-state index contributed by atoms with van der Waals surface area (Å²) in [6, 6.07) is 14.5. The van der Waals surface area contributed by atoms with E-state index in [0.29, 0.717) is 37.5 Å². The number of anilines is 1. The van der Waals surface area contributed by atoms with Crippen molar-refractivity contribution in [2.75, 3.05) is 45.3 Å². The van der Waals surface area contributed by atoms with Crippen LogP contribution in [0.15, 0.2) is 57.9 Å². The maximum absolute atomic E-state index is 13.3. The maximum Gasteiger partial charge on any atom is 0.246 e. The van der Waals surface area contributed by atoms with Gasteiger partial charge in [0.25, 0.3) is 0 Å². The second-order valence-corrected chi connectivity index (χ2v) is 9.19. The van der Waals surface area contributed by atoms with Gasteiger partial charge in [0.1, 0.15) is 16.4 Å². The molecule has 1 aliphatic heterocycles. The Balaban J connectivity index is 1.52. The summed E-state index contributed by atoms with van der Waals surface area (Å²) < 4.78 is 44.0. The van der Waals surface area contributed by atoms with Gasteiger partial charge in [-0.15, -0.1) is 0 Å². The van der Waals surface area contributed by atoms with Crippen LogP contribution in [0, 0.1) is 6.92 Å². The van der Waals surface area contributed by atoms with E-state index >= 15 is 0 Å². The molecule has 0 radical (unpaired) electrons. The van der Waals surface area contributed by atoms with Crippen molar-refractivity contribution in [3.8, 4) is 22.8 Å². The molecule has 8 nitrogen and oxygen atoms in total. The number of benzene rings is 2. The summed E-state index contributed by atoms with van der Waals surface area (Å²) >= 11 is 0. The number of aromatic nitrogens is 1. The highest BCUT2D eigenvalue weighted by Gasteiger charge is 2.31. The van der Waals surface area contributed by atoms with E-state index in [0.717, 1.165) is 17.1 Å². The summed E-state index contributed by atoms with van der Waals surface area (Å²) in [5, 5.41) is 3.88. The Bertz CT molecular complexity index is 1150. The van der Waals surface area contributed by atoms with E-state index in [1.165, 1.54) is 11.4 Å². The lowest BCUT2D eigenvalue weighted by molar-refractivity contribution is 0.374. The summed E-state index contributed by atoms with van der Waals surface area (Å²) in [6.45, 7) is 3.81. The third kappa shape index (κ3) is 4.24. The van der Waals surface area contributed by atoms with Gasteiger partial charge in [0.2, 0.25) is 10.0 Å². The summed E-state index contributed by atoms with van der Waals surface area (Å²) in [6.07, 6.45) is 0. The summed E-state index contributed by atoms with van der Waals surface area (Å²) in [4.78, 5) is 2.31. The smallest absolute Gasteiger partial charge is 0.246 e. The molecular weight excluding hydrogens is 418 g/mol. The molecule has 31 heavy (non-hydrogen) atoms. The van der Waals surface area contributed by atoms with Crippen LogP contribution in [0.3, 0.4) is 0 Å². The lowest BCUT2D eigenvalue weighted by atomic mass is 10.1. The SMILES string of the molecule is COc1ccc(N2CCN(S(=O)(=O)c3ccc(-c4cc(C)no4)cc3OC)CC2)cc1. The molecule has 1 aliphatic rings. The van der Waals surface area contributed by atoms with Crippen LogP contribution in [0.5, 0.6) is 11.5 Å². The summed E-state index contributed by atoms with van der Waals surface area (Å²) in [5.41, 5.74) is 2.50. The second kappa shape index (κ2) is 8.60. The minimum atomic E-state index is -3.70. The Kier molecular flexibility index (Phi) is 5.88. The molecule has 0 aliphatic carbocycles. The molecular formula is C22H25N3O5S. The molecule has 0 unspecified atom stereocenters. The van der Waals surface area contributed by atoms with Crippen LogP contribution in [-0.4, -0.2) is 58.3 Å². The molecule has 0 bridgehead atoms. The lowest BCUT2D eigenvalue weighted by Gasteiger charge is -2.35. The zero-order chi connectivity index (χ0) is 22.0. The number of ether oxygens (including phenoxy) is 2. The van der Waals surface area contributed by atoms with E-state index in [9.17, 15) is 8.42 Å². The fraction of sp³-hybridized carbons (Fsp3) is 0.318. The molecule has 164 valence electrons. The van der Waals surface area contributed by atoms with Gasteiger partial charge in [0.05, 0.1) is 19.9 Å². The van der Waals surface area contributed by atoms with E-state index in [1.807, 2.05) is 31.2 Å². The van der Waals surface area contributed by atoms with Crippen molar-refractivity contribution >= 4 is 15.7 Å². The minimum Gasteiger partial charge on any atom is -0.497 e. The number of rotatable bonds is 6. The molecule has 3 aromatic rings. The van der Waals surface area contributed by atoms with Gasteiger partial charge in [0.15, 0.2) is 5.76 Å². The minimum absolute atomic E-state index is 0.146. The highest BCUT2D eigenvalue weighted by molar-refractivity contribution is 7.89. The average molecular weight is 444 g/mol. The van der Waals surface area contributed by atoms with Crippen molar-refractivity contribution in [3.05, 3.63) is 54.2 Å². The van der Waals surface area contributed by atoms with Gasteiger partial charge >= 0.3 is 0 Å². The van der Waals surface area contributed by atoms with Crippen molar-refractivity contribution in [2.45, 2.75) is 11.8 Å². The van der Waals surface area contributed by atoms with Crippen molar-refractivity contribution in [1.82, 2.24) is 9.46 Å². The Morgan fingerprint density at radius 1 is 0.935 bits per heavy atom. The largest absolute Gasteiger partial charge is 0.497 e. The van der Waals surface area contributed by atoms with Crippen LogP contribution >= 0.6 is 0 Å². The number of aryl methyl sites for hydroxylation is 1. The maximum atomic E-state index is 13.3. The normalized spacial score (nSPS) is 15.1. The molecule has 0 atom stereocenters. The van der Waals surface area contributed by atoms with Gasteiger partial charge in [-0.05, 0) is 49.4 Å². The van der Waals surface area contributed by atoms with Crippen molar-refractivity contribution in [1.29, 1.82) is 0 Å². The third-order valence-electron chi connectivity index (χ3n) is 5.37. The molecule has 2 aromatic carbocycles. The zero-order valence-corrected chi connectivity index (χ0v) is 18.6. The topological polar surface area (TPSA) is 85.1 Å². The molecule has 0 amide bonds. The predicted octanol–water partition coefficient (Wildman–Crippen LogP) is 3.18. The van der Waals surface area contributed by atoms with Gasteiger partial charge in [-0.25, -0.2) is 8.42 Å². The van der Waals surface area contributed by atoms with Gasteiger partial charge in [-0.1, -0.05) is 5.16 Å². The van der Waals surface area contributed by atoms with E-state index in [-0.39, 0.29) is 10.6 Å². The monoisotopic (exact) mass is 443 g/mol. The van der Waals surface area contributed by atoms with Crippen LogP contribution in [0.1, 0.15) is 5.69 Å². The molecule has 1 aromatic heterocycles. The van der Waals surface area contributed by atoms with Crippen LogP contribution < -0.4 is 14.4 Å². The van der Waals surface area contributed by atoms with Gasteiger partial charge in [0, 0.05) is 43.5 Å². The average Bonchev–Trinajstić information content (AvgIpc) is 3.25. The molecule has 0 spiro atoms. The highest BCUT2D eigenvalue weighted by atomic mass is 32.2. The number of methoxy groups -OCH3 is 2. The molecule has 9 heteroatoms. The standard InChI is InChI=1S/C22H25N3O5S/c1-16-14-20(30-23-16)17-4-9-22(21(15-17)29-3)31(26,27)25-12-10-24(11-13-25)18-5-7-19(28-2)8-6-18/h4-9,14-15H,10-13H2,1-3H3. The number of hydrogen-bond donors (Lipinski definition) is 0. The summed E-state index contributed by atoms with van der Waals surface area (Å²) in [7, 11) is -0.605. The Morgan fingerprint density at radius 3 is 2.23 bits per heavy atom. The quantitative estimate of drug-likeness (QED) is 0.578. The predicted molar refractivity (Wildman–Crippen MR) is 117 cm³/mol. The zero-order valence-electron chi connectivity index (χ0n) is 17.7. The van der Waals surface area contributed by atoms with Gasteiger partial charge < -0.3 is 18.9 Å². The lowest BCUT2D eigenvalue weighted by Crippen LogP contribution is -2.48. The Hall–Kier alpha value is -3.04. The fourth-order valence-corrected chi connectivity index (χ4v) is 5.21. The van der Waals surface area contributed by atoms with Gasteiger partial charge in [-0.2, -0.15) is 4.31 Å². The Morgan fingerprint density at radius 2 is 1.65 bits per heavy atom. The third-order valence-corrected chi connectivity index (χ3v) is 7.31. The van der Waals surface area contributed by atoms with Crippen LogP contribution in [0.2, 0.25) is 0 Å². The van der Waals surface area contributed by atoms with Gasteiger partial charge in [-0.3, -0.25) is 0 Å². The second-order valence-electron chi connectivity index (χ2n) is 7.29. The Labute approximate surface area is 182 Å². The summed E-state index contributed by atoms with van der Waals surface area (Å²) in [5.74, 6) is 1.64. The van der Waals surface area contributed by atoms with Crippen LogP contribution in [-0.2, 0) is 10.0 Å². The molecule has 4 rings (SSSR count).